The van der Waals surface area contributed by atoms with E-state index in [1.54, 1.807) is 37.6 Å². The molecule has 1 fully saturated rings. The Morgan fingerprint density at radius 1 is 1.12 bits per heavy atom. The van der Waals surface area contributed by atoms with Crippen molar-refractivity contribution in [3.05, 3.63) is 41.0 Å². The van der Waals surface area contributed by atoms with Crippen molar-refractivity contribution in [3.63, 3.8) is 0 Å². The smallest absolute Gasteiger partial charge is 0.329 e. The van der Waals surface area contributed by atoms with Crippen molar-refractivity contribution in [1.82, 2.24) is 20.5 Å². The van der Waals surface area contributed by atoms with Gasteiger partial charge < -0.3 is 35.2 Å². The number of thiazole rings is 1. The number of carbonyl (C=O) groups excluding carboxylic acids is 3. The summed E-state index contributed by atoms with van der Waals surface area (Å²) in [5, 5.41) is 24.5. The van der Waals surface area contributed by atoms with E-state index < -0.39 is 48.0 Å². The summed E-state index contributed by atoms with van der Waals surface area (Å²) in [6.45, 7) is 6.72. The molecule has 0 saturated carbocycles. The lowest BCUT2D eigenvalue weighted by Gasteiger charge is -2.35. The fraction of sp³-hybridized carbons (Fsp3) is 0.536. The first kappa shape index (κ1) is 32.1. The Labute approximate surface area is 243 Å². The Kier molecular flexibility index (Phi) is 11.4. The average molecular weight is 591 g/mol. The summed E-state index contributed by atoms with van der Waals surface area (Å²) in [5.74, 6) is -2.52. The van der Waals surface area contributed by atoms with Crippen LogP contribution in [0.4, 0.5) is 0 Å². The van der Waals surface area contributed by atoms with Gasteiger partial charge in [0.15, 0.2) is 0 Å². The van der Waals surface area contributed by atoms with Crippen molar-refractivity contribution in [2.75, 3.05) is 33.0 Å². The zero-order valence-electron chi connectivity index (χ0n) is 23.7. The van der Waals surface area contributed by atoms with Crippen LogP contribution in [0.5, 0.6) is 0 Å². The summed E-state index contributed by atoms with van der Waals surface area (Å²) in [7, 11) is 0. The molecule has 1 unspecified atom stereocenters. The van der Waals surface area contributed by atoms with Gasteiger partial charge >= 0.3 is 5.97 Å². The van der Waals surface area contributed by atoms with Crippen LogP contribution in [0.3, 0.4) is 0 Å². The van der Waals surface area contributed by atoms with Gasteiger partial charge in [0.1, 0.15) is 25.3 Å². The van der Waals surface area contributed by atoms with Crippen LogP contribution in [0.2, 0.25) is 0 Å². The molecule has 2 heterocycles. The average Bonchev–Trinajstić information content (AvgIpc) is 3.52. The second-order valence-electron chi connectivity index (χ2n) is 10.9. The van der Waals surface area contributed by atoms with Crippen molar-refractivity contribution in [3.8, 4) is 10.4 Å². The van der Waals surface area contributed by atoms with Crippen molar-refractivity contribution in [1.29, 1.82) is 0 Å². The first-order valence-corrected chi connectivity index (χ1v) is 14.2. The number of carboxylic acid groups (broad SMARTS) is 1. The van der Waals surface area contributed by atoms with E-state index >= 15 is 0 Å². The summed E-state index contributed by atoms with van der Waals surface area (Å²) < 4.78 is 10.1. The number of rotatable bonds is 13. The Morgan fingerprint density at radius 2 is 1.78 bits per heavy atom. The first-order valence-electron chi connectivity index (χ1n) is 13.3. The minimum absolute atomic E-state index is 0.000400. The Bertz CT molecular complexity index is 1210. The summed E-state index contributed by atoms with van der Waals surface area (Å²) in [4.78, 5) is 56.5. The molecule has 1 aromatic heterocycles. The van der Waals surface area contributed by atoms with Crippen molar-refractivity contribution >= 4 is 35.0 Å². The number of aryl methyl sites for hydroxylation is 1. The van der Waals surface area contributed by atoms with Crippen LogP contribution in [0.25, 0.3) is 10.4 Å². The molecule has 1 aliphatic rings. The molecule has 0 aliphatic carbocycles. The molecule has 41 heavy (non-hydrogen) atoms. The van der Waals surface area contributed by atoms with Gasteiger partial charge in [-0.25, -0.2) is 9.78 Å². The number of benzene rings is 1. The molecule has 13 heteroatoms. The van der Waals surface area contributed by atoms with E-state index in [4.69, 9.17) is 14.6 Å². The molecule has 3 rings (SSSR count). The molecule has 0 radical (unpaired) electrons. The number of nitrogens with one attached hydrogen (secondary N) is 2. The number of aliphatic carboxylic acids is 1. The number of hydrogen-bond donors (Lipinski definition) is 4. The Balaban J connectivity index is 1.58. The normalized spacial score (nSPS) is 17.7. The second kappa shape index (κ2) is 14.5. The van der Waals surface area contributed by atoms with Gasteiger partial charge in [-0.3, -0.25) is 14.4 Å². The molecule has 1 saturated heterocycles. The highest BCUT2D eigenvalue weighted by atomic mass is 32.1. The van der Waals surface area contributed by atoms with Crippen LogP contribution in [0.15, 0.2) is 29.8 Å². The number of carboxylic acids is 1. The third-order valence-corrected chi connectivity index (χ3v) is 7.52. The van der Waals surface area contributed by atoms with Gasteiger partial charge in [0, 0.05) is 19.5 Å². The molecule has 2 aromatic rings. The SMILES string of the molecule is Cc1ncsc1-c1ccc(CNC(=O)[C@@H]2C[C@@H](O)CN2C(=O)C(NC(=O)COCCOCC(=O)O)C(C)(C)C)cc1. The van der Waals surface area contributed by atoms with E-state index in [1.165, 1.54) is 4.90 Å². The zero-order chi connectivity index (χ0) is 30.2. The van der Waals surface area contributed by atoms with Crippen LogP contribution in [-0.2, 0) is 35.2 Å². The predicted molar refractivity (Wildman–Crippen MR) is 151 cm³/mol. The molecule has 3 amide bonds. The number of aliphatic hydroxyl groups excluding tert-OH is 1. The lowest BCUT2D eigenvalue weighted by Crippen LogP contribution is -2.58. The summed E-state index contributed by atoms with van der Waals surface area (Å²) >= 11 is 1.56. The summed E-state index contributed by atoms with van der Waals surface area (Å²) in [6.07, 6.45) is -0.784. The van der Waals surface area contributed by atoms with Crippen LogP contribution in [0, 0.1) is 12.3 Å². The predicted octanol–water partition coefficient (Wildman–Crippen LogP) is 1.35. The maximum absolute atomic E-state index is 13.6. The van der Waals surface area contributed by atoms with Crippen LogP contribution in [-0.4, -0.2) is 94.9 Å². The van der Waals surface area contributed by atoms with Gasteiger partial charge in [-0.05, 0) is 23.5 Å². The third kappa shape index (κ3) is 9.32. The van der Waals surface area contributed by atoms with Gasteiger partial charge in [-0.1, -0.05) is 45.0 Å². The summed E-state index contributed by atoms with van der Waals surface area (Å²) in [6, 6.07) is 5.92. The maximum atomic E-state index is 13.6. The number of carbonyl (C=O) groups is 4. The van der Waals surface area contributed by atoms with Crippen LogP contribution >= 0.6 is 11.3 Å². The number of aliphatic hydroxyl groups is 1. The number of nitrogens with zero attached hydrogens (tertiary/aromatic N) is 2. The molecule has 1 aliphatic heterocycles. The number of likely N-dealkylation sites (tertiary alicyclic amines) is 1. The van der Waals surface area contributed by atoms with Gasteiger partial charge in [-0.15, -0.1) is 11.3 Å². The number of β-amino-alcohol motifs (C(OH)–C–C–N with tert-alkyl or cyclic N) is 1. The van der Waals surface area contributed by atoms with Crippen LogP contribution in [0.1, 0.15) is 38.4 Å². The molecule has 4 N–H and O–H groups in total. The molecule has 1 aromatic carbocycles. The Hall–Kier alpha value is -3.39. The van der Waals surface area contributed by atoms with E-state index in [2.05, 4.69) is 15.6 Å². The fourth-order valence-corrected chi connectivity index (χ4v) is 5.24. The number of aromatic nitrogens is 1. The fourth-order valence-electron chi connectivity index (χ4n) is 4.43. The van der Waals surface area contributed by atoms with E-state index in [0.717, 1.165) is 21.7 Å². The molecule has 12 nitrogen and oxygen atoms in total. The summed E-state index contributed by atoms with van der Waals surface area (Å²) in [5.41, 5.74) is 3.98. The molecule has 0 spiro atoms. The second-order valence-corrected chi connectivity index (χ2v) is 11.8. The number of hydrogen-bond acceptors (Lipinski definition) is 9. The minimum atomic E-state index is -1.11. The van der Waals surface area contributed by atoms with Crippen LogP contribution < -0.4 is 10.6 Å². The Morgan fingerprint density at radius 3 is 2.37 bits per heavy atom. The lowest BCUT2D eigenvalue weighted by molar-refractivity contribution is -0.145. The highest BCUT2D eigenvalue weighted by Crippen LogP contribution is 2.28. The monoisotopic (exact) mass is 590 g/mol. The zero-order valence-corrected chi connectivity index (χ0v) is 24.5. The highest BCUT2D eigenvalue weighted by molar-refractivity contribution is 7.13. The molecular formula is C28H38N4O8S. The van der Waals surface area contributed by atoms with E-state index in [-0.39, 0.29) is 45.2 Å². The maximum Gasteiger partial charge on any atom is 0.329 e. The van der Waals surface area contributed by atoms with Gasteiger partial charge in [0.2, 0.25) is 17.7 Å². The topological polar surface area (TPSA) is 167 Å². The number of amides is 3. The standard InChI is InChI=1S/C28H38N4O8S/c1-17-24(41-16-30-17)19-7-5-18(6-8-19)12-29-26(37)21-11-20(33)13-32(21)27(38)25(28(2,3)4)31-22(34)14-39-9-10-40-15-23(35)36/h5-8,16,20-21,25,33H,9-15H2,1-4H3,(H,29,37)(H,31,34)(H,35,36)/t20-,21+,25?/m1/s1. The number of ether oxygens (including phenoxy) is 2. The molecular weight excluding hydrogens is 552 g/mol. The molecule has 3 atom stereocenters. The van der Waals surface area contributed by atoms with Crippen molar-refractivity contribution < 1.29 is 38.9 Å². The van der Waals surface area contributed by atoms with Gasteiger partial charge in [0.25, 0.3) is 0 Å². The van der Waals surface area contributed by atoms with E-state index in [0.29, 0.717) is 0 Å². The lowest BCUT2D eigenvalue weighted by atomic mass is 9.85. The largest absolute Gasteiger partial charge is 0.480 e. The van der Waals surface area contributed by atoms with Gasteiger partial charge in [0.05, 0.1) is 35.4 Å². The van der Waals surface area contributed by atoms with E-state index in [9.17, 15) is 24.3 Å². The van der Waals surface area contributed by atoms with Crippen molar-refractivity contribution in [2.24, 2.45) is 5.41 Å². The highest BCUT2D eigenvalue weighted by Gasteiger charge is 2.44. The van der Waals surface area contributed by atoms with E-state index in [1.807, 2.05) is 31.2 Å². The first-order chi connectivity index (χ1) is 19.4. The third-order valence-electron chi connectivity index (χ3n) is 6.54. The molecule has 0 bridgehead atoms. The minimum Gasteiger partial charge on any atom is -0.480 e. The quantitative estimate of drug-likeness (QED) is 0.252. The van der Waals surface area contributed by atoms with Gasteiger partial charge in [-0.2, -0.15) is 0 Å². The van der Waals surface area contributed by atoms with Crippen molar-refractivity contribution in [2.45, 2.75) is 58.8 Å². The molecule has 224 valence electrons.